The number of amides is 1. The minimum Gasteiger partial charge on any atom is -0.465 e. The molecule has 0 aliphatic heterocycles. The summed E-state index contributed by atoms with van der Waals surface area (Å²) in [5.41, 5.74) is 0.259. The quantitative estimate of drug-likeness (QED) is 0.730. The molecule has 0 unspecified atom stereocenters. The summed E-state index contributed by atoms with van der Waals surface area (Å²) in [7, 11) is 0. The van der Waals surface area contributed by atoms with E-state index < -0.39 is 5.54 Å². The lowest BCUT2D eigenvalue weighted by Crippen LogP contribution is -2.49. The SMILES string of the molecule is CCOC(=O)CN(CC(=O)NC1(C#N)CCCC1)Cc1ccccc1. The highest BCUT2D eigenvalue weighted by molar-refractivity contribution is 5.80. The molecule has 1 aromatic carbocycles. The Labute approximate surface area is 148 Å². The van der Waals surface area contributed by atoms with Crippen molar-refractivity contribution in [2.24, 2.45) is 0 Å². The van der Waals surface area contributed by atoms with Crippen LogP contribution in [0.3, 0.4) is 0 Å². The van der Waals surface area contributed by atoms with Crippen LogP contribution in [0.2, 0.25) is 0 Å². The first-order valence-corrected chi connectivity index (χ1v) is 8.71. The second-order valence-corrected chi connectivity index (χ2v) is 6.38. The van der Waals surface area contributed by atoms with Crippen molar-refractivity contribution < 1.29 is 14.3 Å². The predicted octanol–water partition coefficient (Wildman–Crippen LogP) is 2.00. The zero-order valence-electron chi connectivity index (χ0n) is 14.7. The monoisotopic (exact) mass is 343 g/mol. The topological polar surface area (TPSA) is 82.4 Å². The molecule has 25 heavy (non-hydrogen) atoms. The van der Waals surface area contributed by atoms with E-state index in [2.05, 4.69) is 11.4 Å². The number of nitrogens with one attached hydrogen (secondary N) is 1. The van der Waals surface area contributed by atoms with Crippen LogP contribution in [0.5, 0.6) is 0 Å². The molecular formula is C19H25N3O3. The lowest BCUT2D eigenvalue weighted by atomic mass is 10.00. The molecule has 1 aliphatic carbocycles. The smallest absolute Gasteiger partial charge is 0.320 e. The molecule has 0 heterocycles. The largest absolute Gasteiger partial charge is 0.465 e. The van der Waals surface area contributed by atoms with Gasteiger partial charge in [-0.3, -0.25) is 14.5 Å². The lowest BCUT2D eigenvalue weighted by molar-refractivity contribution is -0.144. The molecule has 1 aromatic rings. The van der Waals surface area contributed by atoms with Crippen LogP contribution >= 0.6 is 0 Å². The summed E-state index contributed by atoms with van der Waals surface area (Å²) in [6, 6.07) is 11.9. The Morgan fingerprint density at radius 1 is 1.24 bits per heavy atom. The maximum absolute atomic E-state index is 12.4. The van der Waals surface area contributed by atoms with Gasteiger partial charge in [-0.2, -0.15) is 5.26 Å². The highest BCUT2D eigenvalue weighted by atomic mass is 16.5. The molecule has 0 bridgehead atoms. The van der Waals surface area contributed by atoms with Crippen molar-refractivity contribution in [2.75, 3.05) is 19.7 Å². The Morgan fingerprint density at radius 3 is 2.52 bits per heavy atom. The number of rotatable bonds is 8. The van der Waals surface area contributed by atoms with Gasteiger partial charge in [0.2, 0.25) is 5.91 Å². The van der Waals surface area contributed by atoms with Crippen LogP contribution in [0, 0.1) is 11.3 Å². The molecule has 0 spiro atoms. The Bertz CT molecular complexity index is 619. The van der Waals surface area contributed by atoms with Gasteiger partial charge in [0.05, 0.1) is 25.8 Å². The van der Waals surface area contributed by atoms with E-state index in [-0.39, 0.29) is 25.0 Å². The van der Waals surface area contributed by atoms with Crippen molar-refractivity contribution in [1.29, 1.82) is 5.26 Å². The van der Waals surface area contributed by atoms with E-state index in [1.807, 2.05) is 30.3 Å². The average Bonchev–Trinajstić information content (AvgIpc) is 3.04. The van der Waals surface area contributed by atoms with E-state index in [9.17, 15) is 14.9 Å². The van der Waals surface area contributed by atoms with E-state index in [1.54, 1.807) is 11.8 Å². The molecule has 1 N–H and O–H groups in total. The number of ether oxygens (including phenoxy) is 1. The van der Waals surface area contributed by atoms with E-state index in [4.69, 9.17) is 4.74 Å². The van der Waals surface area contributed by atoms with Crippen molar-refractivity contribution in [3.8, 4) is 6.07 Å². The number of carbonyl (C=O) groups excluding carboxylic acids is 2. The summed E-state index contributed by atoms with van der Waals surface area (Å²) in [6.45, 7) is 2.62. The number of nitriles is 1. The third-order valence-corrected chi connectivity index (χ3v) is 4.32. The second kappa shape index (κ2) is 9.19. The Morgan fingerprint density at radius 2 is 1.92 bits per heavy atom. The predicted molar refractivity (Wildman–Crippen MR) is 93.3 cm³/mol. The van der Waals surface area contributed by atoms with E-state index in [0.29, 0.717) is 26.0 Å². The fourth-order valence-electron chi connectivity index (χ4n) is 3.15. The van der Waals surface area contributed by atoms with Gasteiger partial charge in [0.15, 0.2) is 0 Å². The zero-order valence-corrected chi connectivity index (χ0v) is 14.7. The van der Waals surface area contributed by atoms with Crippen LogP contribution in [0.25, 0.3) is 0 Å². The summed E-state index contributed by atoms with van der Waals surface area (Å²) >= 11 is 0. The van der Waals surface area contributed by atoms with E-state index in [0.717, 1.165) is 18.4 Å². The first-order chi connectivity index (χ1) is 12.1. The average molecular weight is 343 g/mol. The van der Waals surface area contributed by atoms with Gasteiger partial charge in [0, 0.05) is 6.54 Å². The second-order valence-electron chi connectivity index (χ2n) is 6.38. The Kier molecular flexibility index (Phi) is 6.96. The van der Waals surface area contributed by atoms with Crippen molar-refractivity contribution in [2.45, 2.75) is 44.7 Å². The molecule has 0 radical (unpaired) electrons. The van der Waals surface area contributed by atoms with Gasteiger partial charge in [-0.15, -0.1) is 0 Å². The van der Waals surface area contributed by atoms with Gasteiger partial charge in [-0.25, -0.2) is 0 Å². The van der Waals surface area contributed by atoms with Gasteiger partial charge in [-0.1, -0.05) is 30.3 Å². The molecule has 6 heteroatoms. The molecule has 134 valence electrons. The first-order valence-electron chi connectivity index (χ1n) is 8.71. The van der Waals surface area contributed by atoms with Gasteiger partial charge in [-0.05, 0) is 38.2 Å². The van der Waals surface area contributed by atoms with Crippen LogP contribution < -0.4 is 5.32 Å². The summed E-state index contributed by atoms with van der Waals surface area (Å²) in [5.74, 6) is -0.592. The fraction of sp³-hybridized carbons (Fsp3) is 0.526. The highest BCUT2D eigenvalue weighted by Crippen LogP contribution is 2.28. The van der Waals surface area contributed by atoms with Crippen LogP contribution in [0.15, 0.2) is 30.3 Å². The molecule has 0 atom stereocenters. The standard InChI is InChI=1S/C19H25N3O3/c1-2-25-18(24)14-22(12-16-8-4-3-5-9-16)13-17(23)21-19(15-20)10-6-7-11-19/h3-5,8-9H,2,6-7,10-14H2,1H3,(H,21,23). The zero-order chi connectivity index (χ0) is 18.1. The van der Waals surface area contributed by atoms with Crippen LogP contribution in [-0.4, -0.2) is 42.0 Å². The molecule has 0 saturated heterocycles. The van der Waals surface area contributed by atoms with Crippen molar-refractivity contribution in [1.82, 2.24) is 10.2 Å². The van der Waals surface area contributed by atoms with Crippen molar-refractivity contribution in [3.63, 3.8) is 0 Å². The molecule has 2 rings (SSSR count). The number of nitrogens with zero attached hydrogens (tertiary/aromatic N) is 2. The number of esters is 1. The maximum atomic E-state index is 12.4. The summed E-state index contributed by atoms with van der Waals surface area (Å²) in [4.78, 5) is 26.0. The van der Waals surface area contributed by atoms with Crippen molar-refractivity contribution in [3.05, 3.63) is 35.9 Å². The van der Waals surface area contributed by atoms with Crippen LogP contribution in [0.4, 0.5) is 0 Å². The normalized spacial score (nSPS) is 15.6. The number of hydrogen-bond donors (Lipinski definition) is 1. The van der Waals surface area contributed by atoms with Gasteiger partial charge >= 0.3 is 5.97 Å². The third kappa shape index (κ3) is 5.87. The molecule has 1 amide bonds. The third-order valence-electron chi connectivity index (χ3n) is 4.32. The molecule has 6 nitrogen and oxygen atoms in total. The Hall–Kier alpha value is -2.39. The van der Waals surface area contributed by atoms with E-state index in [1.165, 1.54) is 0 Å². The highest BCUT2D eigenvalue weighted by Gasteiger charge is 2.35. The first kappa shape index (κ1) is 18.9. The lowest BCUT2D eigenvalue weighted by Gasteiger charge is -2.25. The number of benzene rings is 1. The van der Waals surface area contributed by atoms with Gasteiger partial charge in [0.1, 0.15) is 5.54 Å². The summed E-state index contributed by atoms with van der Waals surface area (Å²) < 4.78 is 5.00. The molecule has 1 aliphatic rings. The van der Waals surface area contributed by atoms with Crippen LogP contribution in [-0.2, 0) is 20.9 Å². The maximum Gasteiger partial charge on any atom is 0.320 e. The van der Waals surface area contributed by atoms with E-state index >= 15 is 0 Å². The van der Waals surface area contributed by atoms with Gasteiger partial charge in [0.25, 0.3) is 0 Å². The fourth-order valence-corrected chi connectivity index (χ4v) is 3.15. The van der Waals surface area contributed by atoms with Crippen molar-refractivity contribution >= 4 is 11.9 Å². The molecule has 1 fully saturated rings. The van der Waals surface area contributed by atoms with Gasteiger partial charge < -0.3 is 10.1 Å². The van der Waals surface area contributed by atoms with Crippen LogP contribution in [0.1, 0.15) is 38.2 Å². The number of carbonyl (C=O) groups is 2. The summed E-state index contributed by atoms with van der Waals surface area (Å²) in [5, 5.41) is 12.3. The molecular weight excluding hydrogens is 318 g/mol. The minimum atomic E-state index is -0.751. The molecule has 1 saturated carbocycles. The minimum absolute atomic E-state index is 0.0374. The molecule has 0 aromatic heterocycles. The summed E-state index contributed by atoms with van der Waals surface area (Å²) in [6.07, 6.45) is 3.27. The number of hydrogen-bond acceptors (Lipinski definition) is 5. The Balaban J connectivity index is 2.00.